The molecule has 6 nitrogen and oxygen atoms in total. The number of aromatic nitrogens is 1. The van der Waals surface area contributed by atoms with E-state index >= 15 is 0 Å². The van der Waals surface area contributed by atoms with Gasteiger partial charge in [-0.1, -0.05) is 12.1 Å². The molecule has 38 heavy (non-hydrogen) atoms. The summed E-state index contributed by atoms with van der Waals surface area (Å²) in [6.45, 7) is 5.91. The lowest BCUT2D eigenvalue weighted by molar-refractivity contribution is 0.0951. The van der Waals surface area contributed by atoms with E-state index in [1.54, 1.807) is 0 Å². The highest BCUT2D eigenvalue weighted by molar-refractivity contribution is 5.97. The van der Waals surface area contributed by atoms with Crippen LogP contribution in [-0.4, -0.2) is 59.5 Å². The second kappa shape index (κ2) is 10.3. The van der Waals surface area contributed by atoms with Gasteiger partial charge in [0, 0.05) is 42.3 Å². The normalized spacial score (nSPS) is 18.8. The summed E-state index contributed by atoms with van der Waals surface area (Å²) in [7, 11) is 4.35. The van der Waals surface area contributed by atoms with Crippen LogP contribution >= 0.6 is 0 Å². The maximum Gasteiger partial charge on any atom is 0.258 e. The number of hydrogen-bond acceptors (Lipinski definition) is 4. The number of benzene rings is 2. The largest absolute Gasteiger partial charge is 0.349 e. The first kappa shape index (κ1) is 25.3. The van der Waals surface area contributed by atoms with Crippen molar-refractivity contribution >= 4 is 16.7 Å². The van der Waals surface area contributed by atoms with Crippen LogP contribution in [0.1, 0.15) is 60.0 Å². The van der Waals surface area contributed by atoms with Crippen molar-refractivity contribution in [2.75, 3.05) is 27.2 Å². The highest BCUT2D eigenvalue weighted by atomic mass is 16.1. The number of carbonyl (C=O) groups excluding carboxylic acids is 1. The molecule has 2 heterocycles. The van der Waals surface area contributed by atoms with Crippen molar-refractivity contribution in [1.29, 1.82) is 0 Å². The summed E-state index contributed by atoms with van der Waals surface area (Å²) in [5.74, 6) is 0.639. The van der Waals surface area contributed by atoms with E-state index in [0.717, 1.165) is 66.5 Å². The predicted molar refractivity (Wildman–Crippen MR) is 154 cm³/mol. The molecule has 0 bridgehead atoms. The van der Waals surface area contributed by atoms with Crippen LogP contribution in [0.25, 0.3) is 21.9 Å². The third-order valence-corrected chi connectivity index (χ3v) is 8.72. The monoisotopic (exact) mass is 512 g/mol. The molecule has 3 aromatic rings. The molecule has 1 saturated heterocycles. The Balaban J connectivity index is 1.36. The molecule has 0 spiro atoms. The fourth-order valence-electron chi connectivity index (χ4n) is 5.88. The van der Waals surface area contributed by atoms with Gasteiger partial charge in [0.1, 0.15) is 0 Å². The molecule has 2 aromatic carbocycles. The fourth-order valence-corrected chi connectivity index (χ4v) is 5.88. The van der Waals surface area contributed by atoms with Gasteiger partial charge < -0.3 is 14.8 Å². The number of pyridine rings is 1. The molecule has 1 amide bonds. The van der Waals surface area contributed by atoms with Crippen molar-refractivity contribution in [1.82, 2.24) is 19.7 Å². The van der Waals surface area contributed by atoms with Crippen LogP contribution in [0.3, 0.4) is 0 Å². The number of piperidine rings is 1. The Bertz CT molecular complexity index is 1410. The van der Waals surface area contributed by atoms with Crippen molar-refractivity contribution in [2.24, 2.45) is 5.92 Å². The number of fused-ring (bicyclic) bond motifs is 1. The number of hydrogen-bond donors (Lipinski definition) is 1. The highest BCUT2D eigenvalue weighted by Crippen LogP contribution is 2.32. The lowest BCUT2D eigenvalue weighted by Gasteiger charge is -2.35. The van der Waals surface area contributed by atoms with Gasteiger partial charge in [0.15, 0.2) is 0 Å². The Morgan fingerprint density at radius 3 is 2.42 bits per heavy atom. The van der Waals surface area contributed by atoms with Gasteiger partial charge in [-0.05, 0) is 130 Å². The van der Waals surface area contributed by atoms with Crippen molar-refractivity contribution in [3.05, 3.63) is 69.6 Å². The van der Waals surface area contributed by atoms with E-state index in [9.17, 15) is 9.59 Å². The van der Waals surface area contributed by atoms with E-state index in [0.29, 0.717) is 23.6 Å². The van der Waals surface area contributed by atoms with Crippen LogP contribution in [0, 0.1) is 12.8 Å². The Labute approximate surface area is 225 Å². The van der Waals surface area contributed by atoms with Crippen LogP contribution in [-0.2, 0) is 13.1 Å². The smallest absolute Gasteiger partial charge is 0.258 e. The summed E-state index contributed by atoms with van der Waals surface area (Å²) in [5.41, 5.74) is 5.27. The van der Waals surface area contributed by atoms with E-state index in [1.807, 2.05) is 28.8 Å². The van der Waals surface area contributed by atoms with E-state index in [4.69, 9.17) is 0 Å². The number of rotatable bonds is 8. The number of amides is 1. The van der Waals surface area contributed by atoms with Crippen LogP contribution in [0.2, 0.25) is 0 Å². The molecule has 1 N–H and O–H groups in total. The topological polar surface area (TPSA) is 57.6 Å². The second-order valence-corrected chi connectivity index (χ2v) is 12.1. The van der Waals surface area contributed by atoms with E-state index < -0.39 is 0 Å². The number of aryl methyl sites for hydroxylation is 1. The van der Waals surface area contributed by atoms with E-state index in [2.05, 4.69) is 54.5 Å². The lowest BCUT2D eigenvalue weighted by Crippen LogP contribution is -2.41. The summed E-state index contributed by atoms with van der Waals surface area (Å²) in [5, 5.41) is 4.95. The minimum atomic E-state index is -0.000632. The fraction of sp³-hybridized carbons (Fsp3) is 0.500. The molecular formula is C32H40N4O2. The first-order chi connectivity index (χ1) is 18.4. The average molecular weight is 513 g/mol. The van der Waals surface area contributed by atoms with Crippen LogP contribution < -0.4 is 10.9 Å². The van der Waals surface area contributed by atoms with Gasteiger partial charge in [-0.2, -0.15) is 0 Å². The molecule has 0 radical (unpaired) electrons. The molecule has 200 valence electrons. The second-order valence-electron chi connectivity index (χ2n) is 12.1. The number of nitrogens with one attached hydrogen (secondary N) is 1. The zero-order valence-corrected chi connectivity index (χ0v) is 23.0. The zero-order chi connectivity index (χ0) is 26.4. The lowest BCUT2D eigenvalue weighted by atomic mass is 9.94. The quantitative estimate of drug-likeness (QED) is 0.471. The van der Waals surface area contributed by atoms with Gasteiger partial charge in [-0.15, -0.1) is 0 Å². The molecule has 0 unspecified atom stereocenters. The van der Waals surface area contributed by atoms with Gasteiger partial charge in [0.05, 0.1) is 0 Å². The molecule has 6 heteroatoms. The minimum absolute atomic E-state index is 0.000632. The van der Waals surface area contributed by atoms with Gasteiger partial charge in [0.25, 0.3) is 11.5 Å². The Hall–Kier alpha value is -2.96. The van der Waals surface area contributed by atoms with Gasteiger partial charge in [0.2, 0.25) is 0 Å². The average Bonchev–Trinajstić information content (AvgIpc) is 3.84. The first-order valence-electron chi connectivity index (χ1n) is 14.3. The highest BCUT2D eigenvalue weighted by Gasteiger charge is 2.26. The SMILES string of the molecule is Cc1ccc(C(=O)NC2CC2)cc1-c1ccc2c(=O)n(CC3CC3)cc(CN3CCC(N(C)C)CC3)c2c1. The predicted octanol–water partition coefficient (Wildman–Crippen LogP) is 4.81. The zero-order valence-electron chi connectivity index (χ0n) is 23.0. The molecule has 6 rings (SSSR count). The first-order valence-corrected chi connectivity index (χ1v) is 14.3. The number of carbonyl (C=O) groups is 1. The molecule has 3 fully saturated rings. The van der Waals surface area contributed by atoms with Crippen LogP contribution in [0.15, 0.2) is 47.4 Å². The van der Waals surface area contributed by atoms with Gasteiger partial charge in [-0.25, -0.2) is 0 Å². The molecular weight excluding hydrogens is 472 g/mol. The third kappa shape index (κ3) is 5.43. The summed E-state index contributed by atoms with van der Waals surface area (Å²) in [6, 6.07) is 13.2. The van der Waals surface area contributed by atoms with Crippen LogP contribution in [0.4, 0.5) is 0 Å². The summed E-state index contributed by atoms with van der Waals surface area (Å²) in [4.78, 5) is 31.2. The van der Waals surface area contributed by atoms with Crippen molar-refractivity contribution < 1.29 is 4.79 Å². The Morgan fingerprint density at radius 1 is 0.974 bits per heavy atom. The molecule has 2 saturated carbocycles. The maximum atomic E-state index is 13.5. The molecule has 3 aliphatic rings. The van der Waals surface area contributed by atoms with Crippen molar-refractivity contribution in [3.63, 3.8) is 0 Å². The summed E-state index contributed by atoms with van der Waals surface area (Å²) >= 11 is 0. The minimum Gasteiger partial charge on any atom is -0.349 e. The van der Waals surface area contributed by atoms with E-state index in [-0.39, 0.29) is 11.5 Å². The standard InChI is InChI=1S/C32H40N4O2/c1-21-4-7-24(31(37)33-26-9-10-26)17-29(21)23-8-11-28-30(16-23)25(20-36(32(28)38)18-22-5-6-22)19-35-14-12-27(13-15-35)34(2)3/h4,7-8,11,16-17,20,22,26-27H,5-6,9-10,12-15,18-19H2,1-3H3,(H,33,37). The summed E-state index contributed by atoms with van der Waals surface area (Å²) in [6.07, 6.45) is 9.07. The molecule has 1 aromatic heterocycles. The molecule has 0 atom stereocenters. The maximum absolute atomic E-state index is 13.5. The van der Waals surface area contributed by atoms with Gasteiger partial charge in [-0.3, -0.25) is 14.5 Å². The Morgan fingerprint density at radius 2 is 1.74 bits per heavy atom. The van der Waals surface area contributed by atoms with Crippen LogP contribution in [0.5, 0.6) is 0 Å². The molecule has 1 aliphatic heterocycles. The number of nitrogens with zero attached hydrogens (tertiary/aromatic N) is 3. The van der Waals surface area contributed by atoms with E-state index in [1.165, 1.54) is 31.2 Å². The van der Waals surface area contributed by atoms with Gasteiger partial charge >= 0.3 is 0 Å². The Kier molecular flexibility index (Phi) is 6.87. The third-order valence-electron chi connectivity index (χ3n) is 8.72. The number of likely N-dealkylation sites (tertiary alicyclic amines) is 1. The molecule has 2 aliphatic carbocycles. The van der Waals surface area contributed by atoms with Crippen molar-refractivity contribution in [3.8, 4) is 11.1 Å². The van der Waals surface area contributed by atoms with Crippen molar-refractivity contribution in [2.45, 2.75) is 70.6 Å². The summed E-state index contributed by atoms with van der Waals surface area (Å²) < 4.78 is 1.97.